The monoisotopic (exact) mass is 252 g/mol. The topological polar surface area (TPSA) is 32.3 Å². The molecule has 0 atom stereocenters. The first-order chi connectivity index (χ1) is 8.27. The van der Waals surface area contributed by atoms with Gasteiger partial charge in [-0.3, -0.25) is 4.79 Å². The lowest BCUT2D eigenvalue weighted by molar-refractivity contribution is -0.130. The standard InChI is InChI=1S/C13H17ClN2O/c14-12-5-2-1-4-11(12)10-13(17)16-8-3-6-15-7-9-16/h1-2,4-5,15H,3,6-10H2. The van der Waals surface area contributed by atoms with E-state index >= 15 is 0 Å². The van der Waals surface area contributed by atoms with Crippen LogP contribution in [0.1, 0.15) is 12.0 Å². The molecule has 0 bridgehead atoms. The van der Waals surface area contributed by atoms with Gasteiger partial charge in [0, 0.05) is 24.7 Å². The first-order valence-electron chi connectivity index (χ1n) is 5.99. The lowest BCUT2D eigenvalue weighted by atomic mass is 10.1. The van der Waals surface area contributed by atoms with Crippen molar-refractivity contribution in [1.82, 2.24) is 10.2 Å². The van der Waals surface area contributed by atoms with Crippen LogP contribution >= 0.6 is 11.6 Å². The van der Waals surface area contributed by atoms with Crippen molar-refractivity contribution in [2.24, 2.45) is 0 Å². The second-order valence-electron chi connectivity index (χ2n) is 4.25. The Morgan fingerprint density at radius 1 is 1.29 bits per heavy atom. The molecule has 1 aromatic rings. The van der Waals surface area contributed by atoms with Gasteiger partial charge in [0.1, 0.15) is 0 Å². The van der Waals surface area contributed by atoms with Crippen LogP contribution in [-0.4, -0.2) is 37.0 Å². The molecule has 1 aliphatic heterocycles. The fourth-order valence-corrected chi connectivity index (χ4v) is 2.21. The van der Waals surface area contributed by atoms with E-state index in [1.165, 1.54) is 0 Å². The Balaban J connectivity index is 1.98. The molecular formula is C13H17ClN2O. The molecule has 0 unspecified atom stereocenters. The summed E-state index contributed by atoms with van der Waals surface area (Å²) in [7, 11) is 0. The molecule has 1 saturated heterocycles. The summed E-state index contributed by atoms with van der Waals surface area (Å²) < 4.78 is 0. The number of rotatable bonds is 2. The maximum absolute atomic E-state index is 12.1. The molecule has 92 valence electrons. The van der Waals surface area contributed by atoms with Gasteiger partial charge in [-0.15, -0.1) is 0 Å². The van der Waals surface area contributed by atoms with Crippen molar-refractivity contribution in [1.29, 1.82) is 0 Å². The Morgan fingerprint density at radius 2 is 2.12 bits per heavy atom. The summed E-state index contributed by atoms with van der Waals surface area (Å²) in [6, 6.07) is 7.54. The van der Waals surface area contributed by atoms with Gasteiger partial charge >= 0.3 is 0 Å². The number of benzene rings is 1. The SMILES string of the molecule is O=C(Cc1ccccc1Cl)N1CCCNCC1. The summed E-state index contributed by atoms with van der Waals surface area (Å²) in [5.74, 6) is 0.168. The van der Waals surface area contributed by atoms with E-state index in [0.29, 0.717) is 11.4 Å². The quantitative estimate of drug-likeness (QED) is 0.869. The van der Waals surface area contributed by atoms with Crippen molar-refractivity contribution in [3.05, 3.63) is 34.9 Å². The third-order valence-electron chi connectivity index (χ3n) is 2.99. The molecule has 2 rings (SSSR count). The predicted molar refractivity (Wildman–Crippen MR) is 69.2 cm³/mol. The van der Waals surface area contributed by atoms with Crippen molar-refractivity contribution in [2.75, 3.05) is 26.2 Å². The molecule has 0 spiro atoms. The van der Waals surface area contributed by atoms with E-state index in [0.717, 1.165) is 38.2 Å². The van der Waals surface area contributed by atoms with Crippen LogP contribution < -0.4 is 5.32 Å². The lowest BCUT2D eigenvalue weighted by Gasteiger charge is -2.20. The second-order valence-corrected chi connectivity index (χ2v) is 4.66. The molecule has 0 saturated carbocycles. The second kappa shape index (κ2) is 6.03. The Labute approximate surface area is 107 Å². The summed E-state index contributed by atoms with van der Waals surface area (Å²) in [6.45, 7) is 3.52. The van der Waals surface area contributed by atoms with E-state index in [2.05, 4.69) is 5.32 Å². The van der Waals surface area contributed by atoms with Crippen LogP contribution in [-0.2, 0) is 11.2 Å². The highest BCUT2D eigenvalue weighted by molar-refractivity contribution is 6.31. The molecule has 1 aromatic carbocycles. The molecule has 1 aliphatic rings. The summed E-state index contributed by atoms with van der Waals surface area (Å²) in [5, 5.41) is 3.96. The Kier molecular flexibility index (Phi) is 4.40. The van der Waals surface area contributed by atoms with Crippen molar-refractivity contribution >= 4 is 17.5 Å². The Morgan fingerprint density at radius 3 is 2.94 bits per heavy atom. The van der Waals surface area contributed by atoms with Crippen molar-refractivity contribution in [3.8, 4) is 0 Å². The number of carbonyl (C=O) groups is 1. The predicted octanol–water partition coefficient (Wildman–Crippen LogP) is 1.70. The minimum atomic E-state index is 0.168. The molecule has 4 heteroatoms. The van der Waals surface area contributed by atoms with Gasteiger partial charge in [0.15, 0.2) is 0 Å². The number of nitrogens with one attached hydrogen (secondary N) is 1. The van der Waals surface area contributed by atoms with E-state index in [1.54, 1.807) is 0 Å². The van der Waals surface area contributed by atoms with Gasteiger partial charge < -0.3 is 10.2 Å². The van der Waals surface area contributed by atoms with Crippen LogP contribution in [0.3, 0.4) is 0 Å². The van der Waals surface area contributed by atoms with E-state index in [1.807, 2.05) is 29.2 Å². The average Bonchev–Trinajstić information content (AvgIpc) is 2.61. The number of nitrogens with zero attached hydrogens (tertiary/aromatic N) is 1. The molecule has 1 heterocycles. The van der Waals surface area contributed by atoms with E-state index in [9.17, 15) is 4.79 Å². The highest BCUT2D eigenvalue weighted by Crippen LogP contribution is 2.16. The Bertz CT molecular complexity index is 387. The Hall–Kier alpha value is -1.06. The van der Waals surface area contributed by atoms with Crippen molar-refractivity contribution in [2.45, 2.75) is 12.8 Å². The van der Waals surface area contributed by atoms with Gasteiger partial charge in [0.05, 0.1) is 6.42 Å². The maximum Gasteiger partial charge on any atom is 0.227 e. The summed E-state index contributed by atoms with van der Waals surface area (Å²) in [5.41, 5.74) is 0.913. The summed E-state index contributed by atoms with van der Waals surface area (Å²) >= 11 is 6.06. The molecular weight excluding hydrogens is 236 g/mol. The molecule has 0 aliphatic carbocycles. The van der Waals surface area contributed by atoms with Crippen LogP contribution in [0.15, 0.2) is 24.3 Å². The number of hydrogen-bond donors (Lipinski definition) is 1. The first kappa shape index (κ1) is 12.4. The zero-order chi connectivity index (χ0) is 12.1. The normalized spacial score (nSPS) is 16.6. The van der Waals surface area contributed by atoms with Crippen LogP contribution in [0.25, 0.3) is 0 Å². The minimum absolute atomic E-state index is 0.168. The van der Waals surface area contributed by atoms with E-state index in [-0.39, 0.29) is 5.91 Å². The number of carbonyl (C=O) groups excluding carboxylic acids is 1. The van der Waals surface area contributed by atoms with Gasteiger partial charge in [-0.2, -0.15) is 0 Å². The van der Waals surface area contributed by atoms with Gasteiger partial charge in [0.25, 0.3) is 0 Å². The smallest absolute Gasteiger partial charge is 0.227 e. The number of halogens is 1. The number of hydrogen-bond acceptors (Lipinski definition) is 2. The van der Waals surface area contributed by atoms with Gasteiger partial charge in [0.2, 0.25) is 5.91 Å². The third-order valence-corrected chi connectivity index (χ3v) is 3.36. The number of amides is 1. The fraction of sp³-hybridized carbons (Fsp3) is 0.462. The van der Waals surface area contributed by atoms with E-state index in [4.69, 9.17) is 11.6 Å². The zero-order valence-electron chi connectivity index (χ0n) is 9.79. The van der Waals surface area contributed by atoms with Crippen LogP contribution in [0.5, 0.6) is 0 Å². The van der Waals surface area contributed by atoms with E-state index < -0.39 is 0 Å². The van der Waals surface area contributed by atoms with Gasteiger partial charge in [-0.05, 0) is 24.6 Å². The highest BCUT2D eigenvalue weighted by Gasteiger charge is 2.16. The first-order valence-corrected chi connectivity index (χ1v) is 6.37. The molecule has 1 N–H and O–H groups in total. The molecule has 1 amide bonds. The third kappa shape index (κ3) is 3.45. The molecule has 1 fully saturated rings. The van der Waals surface area contributed by atoms with Crippen LogP contribution in [0.2, 0.25) is 5.02 Å². The highest BCUT2D eigenvalue weighted by atomic mass is 35.5. The van der Waals surface area contributed by atoms with Crippen LogP contribution in [0, 0.1) is 0 Å². The fourth-order valence-electron chi connectivity index (χ4n) is 2.01. The average molecular weight is 253 g/mol. The maximum atomic E-state index is 12.1. The minimum Gasteiger partial charge on any atom is -0.341 e. The molecule has 17 heavy (non-hydrogen) atoms. The lowest BCUT2D eigenvalue weighted by Crippen LogP contribution is -2.35. The van der Waals surface area contributed by atoms with Crippen LogP contribution in [0.4, 0.5) is 0 Å². The largest absolute Gasteiger partial charge is 0.341 e. The molecule has 0 radical (unpaired) electrons. The molecule has 3 nitrogen and oxygen atoms in total. The van der Waals surface area contributed by atoms with Gasteiger partial charge in [-0.1, -0.05) is 29.8 Å². The van der Waals surface area contributed by atoms with Gasteiger partial charge in [-0.25, -0.2) is 0 Å². The zero-order valence-corrected chi connectivity index (χ0v) is 10.5. The summed E-state index contributed by atoms with van der Waals surface area (Å²) in [6.07, 6.45) is 1.42. The van der Waals surface area contributed by atoms with Crippen molar-refractivity contribution < 1.29 is 4.79 Å². The summed E-state index contributed by atoms with van der Waals surface area (Å²) in [4.78, 5) is 14.0. The van der Waals surface area contributed by atoms with Crippen molar-refractivity contribution in [3.63, 3.8) is 0 Å². The molecule has 0 aromatic heterocycles.